The minimum atomic E-state index is 0.821. The third-order valence-corrected chi connectivity index (χ3v) is 4.58. The minimum absolute atomic E-state index is 0.821. The normalized spacial score (nSPS) is 20.4. The van der Waals surface area contributed by atoms with Gasteiger partial charge in [-0.05, 0) is 37.0 Å². The molecule has 3 rings (SSSR count). The number of halogens is 1. The minimum Gasteiger partial charge on any atom is -0.490 e. The fourth-order valence-corrected chi connectivity index (χ4v) is 3.47. The van der Waals surface area contributed by atoms with Crippen LogP contribution in [0, 0.1) is 5.92 Å². The molecule has 3 heteroatoms. The highest BCUT2D eigenvalue weighted by Crippen LogP contribution is 2.35. The molecule has 0 N–H and O–H groups in total. The quantitative estimate of drug-likeness (QED) is 0.810. The predicted octanol–water partition coefficient (Wildman–Crippen LogP) is 4.23. The summed E-state index contributed by atoms with van der Waals surface area (Å²) in [6, 6.07) is 6.33. The molecule has 0 radical (unpaired) electrons. The molecule has 0 aromatic heterocycles. The van der Waals surface area contributed by atoms with E-state index in [4.69, 9.17) is 4.74 Å². The fourth-order valence-electron chi connectivity index (χ4n) is 3.12. The Morgan fingerprint density at radius 2 is 2.06 bits per heavy atom. The van der Waals surface area contributed by atoms with Gasteiger partial charge in [-0.2, -0.15) is 0 Å². The maximum absolute atomic E-state index is 5.74. The van der Waals surface area contributed by atoms with E-state index in [2.05, 4.69) is 39.0 Å². The SMILES string of the molecule is Brc1ccc2c(c1)N(CC1CCCCC1)CCO2. The Morgan fingerprint density at radius 3 is 2.89 bits per heavy atom. The number of anilines is 1. The molecule has 1 aliphatic carbocycles. The van der Waals surface area contributed by atoms with Crippen molar-refractivity contribution >= 4 is 21.6 Å². The van der Waals surface area contributed by atoms with Crippen molar-refractivity contribution in [1.82, 2.24) is 0 Å². The summed E-state index contributed by atoms with van der Waals surface area (Å²) in [5, 5.41) is 0. The van der Waals surface area contributed by atoms with E-state index in [1.54, 1.807) is 0 Å². The molecule has 2 aliphatic rings. The molecule has 1 fully saturated rings. The summed E-state index contributed by atoms with van der Waals surface area (Å²) in [6.07, 6.45) is 7.07. The molecule has 1 aliphatic heterocycles. The highest BCUT2D eigenvalue weighted by atomic mass is 79.9. The van der Waals surface area contributed by atoms with E-state index in [-0.39, 0.29) is 0 Å². The Kier molecular flexibility index (Phi) is 3.78. The third-order valence-electron chi connectivity index (χ3n) is 4.08. The summed E-state index contributed by atoms with van der Waals surface area (Å²) in [6.45, 7) is 3.05. The van der Waals surface area contributed by atoms with Crippen molar-refractivity contribution in [1.29, 1.82) is 0 Å². The molecular formula is C15H20BrNO. The van der Waals surface area contributed by atoms with Crippen molar-refractivity contribution in [2.45, 2.75) is 32.1 Å². The van der Waals surface area contributed by atoms with Crippen LogP contribution >= 0.6 is 15.9 Å². The molecule has 1 saturated carbocycles. The van der Waals surface area contributed by atoms with Gasteiger partial charge in [-0.1, -0.05) is 35.2 Å². The lowest BCUT2D eigenvalue weighted by atomic mass is 9.89. The van der Waals surface area contributed by atoms with E-state index in [0.29, 0.717) is 0 Å². The molecule has 18 heavy (non-hydrogen) atoms. The van der Waals surface area contributed by atoms with Gasteiger partial charge >= 0.3 is 0 Å². The second-order valence-corrected chi connectivity index (χ2v) is 6.33. The van der Waals surface area contributed by atoms with Gasteiger partial charge in [0.15, 0.2) is 0 Å². The molecule has 1 heterocycles. The Bertz CT molecular complexity index is 415. The molecule has 0 spiro atoms. The van der Waals surface area contributed by atoms with E-state index in [1.165, 1.54) is 44.3 Å². The van der Waals surface area contributed by atoms with Crippen LogP contribution in [0.15, 0.2) is 22.7 Å². The van der Waals surface area contributed by atoms with Crippen LogP contribution in [-0.2, 0) is 0 Å². The van der Waals surface area contributed by atoms with Gasteiger partial charge in [-0.3, -0.25) is 0 Å². The number of fused-ring (bicyclic) bond motifs is 1. The average Bonchev–Trinajstić information content (AvgIpc) is 2.41. The Labute approximate surface area is 117 Å². The van der Waals surface area contributed by atoms with Crippen LogP contribution in [0.4, 0.5) is 5.69 Å². The second kappa shape index (κ2) is 5.52. The zero-order valence-corrected chi connectivity index (χ0v) is 12.3. The van der Waals surface area contributed by atoms with Crippen LogP contribution in [0.5, 0.6) is 5.75 Å². The van der Waals surface area contributed by atoms with Crippen molar-refractivity contribution in [2.24, 2.45) is 5.92 Å². The second-order valence-electron chi connectivity index (χ2n) is 5.41. The van der Waals surface area contributed by atoms with Crippen LogP contribution < -0.4 is 9.64 Å². The maximum Gasteiger partial charge on any atom is 0.142 e. The summed E-state index contributed by atoms with van der Waals surface area (Å²) in [4.78, 5) is 2.51. The molecular weight excluding hydrogens is 290 g/mol. The van der Waals surface area contributed by atoms with Crippen molar-refractivity contribution in [2.75, 3.05) is 24.6 Å². The lowest BCUT2D eigenvalue weighted by molar-refractivity contribution is 0.292. The molecule has 0 unspecified atom stereocenters. The Balaban J connectivity index is 1.75. The third kappa shape index (κ3) is 2.66. The van der Waals surface area contributed by atoms with Gasteiger partial charge < -0.3 is 9.64 Å². The van der Waals surface area contributed by atoms with Gasteiger partial charge in [0.2, 0.25) is 0 Å². The standard InChI is InChI=1S/C15H20BrNO/c16-13-6-7-15-14(10-13)17(8-9-18-15)11-12-4-2-1-3-5-12/h6-7,10,12H,1-5,8-9,11H2. The van der Waals surface area contributed by atoms with Crippen LogP contribution in [0.1, 0.15) is 32.1 Å². The molecule has 1 aromatic carbocycles. The van der Waals surface area contributed by atoms with Crippen molar-refractivity contribution in [3.63, 3.8) is 0 Å². The number of hydrogen-bond donors (Lipinski definition) is 0. The summed E-state index contributed by atoms with van der Waals surface area (Å²) in [7, 11) is 0. The first-order valence-corrected chi connectivity index (χ1v) is 7.79. The lowest BCUT2D eigenvalue weighted by Crippen LogP contribution is -2.37. The zero-order valence-electron chi connectivity index (χ0n) is 10.7. The molecule has 1 aromatic rings. The van der Waals surface area contributed by atoms with E-state index in [1.807, 2.05) is 0 Å². The number of hydrogen-bond acceptors (Lipinski definition) is 2. The molecule has 0 saturated heterocycles. The van der Waals surface area contributed by atoms with Crippen LogP contribution in [0.3, 0.4) is 0 Å². The van der Waals surface area contributed by atoms with Gasteiger partial charge in [0.05, 0.1) is 12.2 Å². The molecule has 2 nitrogen and oxygen atoms in total. The summed E-state index contributed by atoms with van der Waals surface area (Å²) < 4.78 is 6.87. The smallest absolute Gasteiger partial charge is 0.142 e. The Hall–Kier alpha value is -0.700. The first kappa shape index (κ1) is 12.3. The molecule has 0 bridgehead atoms. The van der Waals surface area contributed by atoms with Crippen molar-refractivity contribution in [3.05, 3.63) is 22.7 Å². The largest absolute Gasteiger partial charge is 0.490 e. The van der Waals surface area contributed by atoms with E-state index in [9.17, 15) is 0 Å². The molecule has 0 atom stereocenters. The Morgan fingerprint density at radius 1 is 1.22 bits per heavy atom. The number of rotatable bonds is 2. The zero-order chi connectivity index (χ0) is 12.4. The number of benzene rings is 1. The lowest BCUT2D eigenvalue weighted by Gasteiger charge is -2.35. The van der Waals surface area contributed by atoms with Crippen molar-refractivity contribution < 1.29 is 4.74 Å². The van der Waals surface area contributed by atoms with Gasteiger partial charge in [0.25, 0.3) is 0 Å². The average molecular weight is 310 g/mol. The first-order chi connectivity index (χ1) is 8.83. The topological polar surface area (TPSA) is 12.5 Å². The molecule has 0 amide bonds. The summed E-state index contributed by atoms with van der Waals surface area (Å²) in [5.41, 5.74) is 1.26. The van der Waals surface area contributed by atoms with Crippen LogP contribution in [-0.4, -0.2) is 19.7 Å². The van der Waals surface area contributed by atoms with Crippen LogP contribution in [0.2, 0.25) is 0 Å². The van der Waals surface area contributed by atoms with E-state index < -0.39 is 0 Å². The first-order valence-electron chi connectivity index (χ1n) is 7.00. The maximum atomic E-state index is 5.74. The highest BCUT2D eigenvalue weighted by molar-refractivity contribution is 9.10. The number of ether oxygens (including phenoxy) is 1. The summed E-state index contributed by atoms with van der Waals surface area (Å²) >= 11 is 3.56. The van der Waals surface area contributed by atoms with Gasteiger partial charge in [0.1, 0.15) is 12.4 Å². The summed E-state index contributed by atoms with van der Waals surface area (Å²) in [5.74, 6) is 1.92. The van der Waals surface area contributed by atoms with Crippen molar-refractivity contribution in [3.8, 4) is 5.75 Å². The number of nitrogens with zero attached hydrogens (tertiary/aromatic N) is 1. The van der Waals surface area contributed by atoms with Gasteiger partial charge in [-0.15, -0.1) is 0 Å². The fraction of sp³-hybridized carbons (Fsp3) is 0.600. The van der Waals surface area contributed by atoms with E-state index in [0.717, 1.165) is 29.3 Å². The van der Waals surface area contributed by atoms with Crippen LogP contribution in [0.25, 0.3) is 0 Å². The van der Waals surface area contributed by atoms with E-state index >= 15 is 0 Å². The highest BCUT2D eigenvalue weighted by Gasteiger charge is 2.22. The van der Waals surface area contributed by atoms with Gasteiger partial charge in [-0.25, -0.2) is 0 Å². The monoisotopic (exact) mass is 309 g/mol. The molecule has 98 valence electrons. The predicted molar refractivity (Wildman–Crippen MR) is 78.4 cm³/mol. The van der Waals surface area contributed by atoms with Gasteiger partial charge in [0, 0.05) is 11.0 Å².